The van der Waals surface area contributed by atoms with Gasteiger partial charge in [-0.15, -0.1) is 0 Å². The van der Waals surface area contributed by atoms with E-state index in [2.05, 4.69) is 5.32 Å². The van der Waals surface area contributed by atoms with Crippen molar-refractivity contribution in [2.24, 2.45) is 0 Å². The molecule has 0 aliphatic heterocycles. The second kappa shape index (κ2) is 6.93. The van der Waals surface area contributed by atoms with Crippen LogP contribution in [0, 0.1) is 0 Å². The fourth-order valence-corrected chi connectivity index (χ4v) is 4.83. The Morgan fingerprint density at radius 1 is 1.04 bits per heavy atom. The summed E-state index contributed by atoms with van der Waals surface area (Å²) < 4.78 is 25.9. The molecule has 1 fully saturated rings. The molecule has 0 saturated heterocycles. The number of fused-ring (bicyclic) bond motifs is 1. The Kier molecular flexibility index (Phi) is 4.90. The Hall–Kier alpha value is -1.88. The standard InChI is InChI=1S/C19H23NO3S/c1-14(19(21)20-16-10-3-2-4-11-16)24(22,23)18-13-7-9-15-8-5-6-12-17(15)18/h5-9,12-14,16H,2-4,10-11H2,1H3,(H,20,21). The van der Waals surface area contributed by atoms with Gasteiger partial charge in [-0.2, -0.15) is 0 Å². The van der Waals surface area contributed by atoms with Gasteiger partial charge >= 0.3 is 0 Å². The molecule has 5 heteroatoms. The molecule has 0 bridgehead atoms. The highest BCUT2D eigenvalue weighted by Gasteiger charge is 2.32. The van der Waals surface area contributed by atoms with Crippen molar-refractivity contribution in [2.75, 3.05) is 0 Å². The highest BCUT2D eigenvalue weighted by atomic mass is 32.2. The second-order valence-electron chi connectivity index (χ2n) is 6.51. The zero-order valence-corrected chi connectivity index (χ0v) is 14.7. The molecule has 0 heterocycles. The van der Waals surface area contributed by atoms with Crippen LogP contribution in [0.2, 0.25) is 0 Å². The van der Waals surface area contributed by atoms with Crippen LogP contribution in [0.3, 0.4) is 0 Å². The largest absolute Gasteiger partial charge is 0.352 e. The summed E-state index contributed by atoms with van der Waals surface area (Å²) in [6, 6.07) is 12.6. The predicted molar refractivity (Wildman–Crippen MR) is 95.6 cm³/mol. The quantitative estimate of drug-likeness (QED) is 0.923. The first-order chi connectivity index (χ1) is 11.5. The van der Waals surface area contributed by atoms with E-state index in [1.165, 1.54) is 13.3 Å². The van der Waals surface area contributed by atoms with Gasteiger partial charge in [-0.1, -0.05) is 55.7 Å². The highest BCUT2D eigenvalue weighted by molar-refractivity contribution is 7.93. The number of benzene rings is 2. The minimum absolute atomic E-state index is 0.108. The Balaban J connectivity index is 1.87. The average molecular weight is 345 g/mol. The van der Waals surface area contributed by atoms with Gasteiger partial charge in [0.15, 0.2) is 9.84 Å². The number of nitrogens with one attached hydrogen (secondary N) is 1. The van der Waals surface area contributed by atoms with E-state index in [9.17, 15) is 13.2 Å². The molecule has 1 saturated carbocycles. The smallest absolute Gasteiger partial charge is 0.238 e. The van der Waals surface area contributed by atoms with Crippen molar-refractivity contribution in [3.63, 3.8) is 0 Å². The lowest BCUT2D eigenvalue weighted by atomic mass is 9.95. The van der Waals surface area contributed by atoms with E-state index in [0.717, 1.165) is 31.1 Å². The summed E-state index contributed by atoms with van der Waals surface area (Å²) in [7, 11) is -3.73. The van der Waals surface area contributed by atoms with Crippen molar-refractivity contribution in [1.82, 2.24) is 5.32 Å². The van der Waals surface area contributed by atoms with Gasteiger partial charge in [-0.05, 0) is 31.2 Å². The van der Waals surface area contributed by atoms with E-state index < -0.39 is 21.0 Å². The van der Waals surface area contributed by atoms with Crippen LogP contribution in [0.4, 0.5) is 0 Å². The van der Waals surface area contributed by atoms with Gasteiger partial charge < -0.3 is 5.32 Å². The first kappa shape index (κ1) is 17.0. The molecule has 3 rings (SSSR count). The molecule has 1 aliphatic rings. The first-order valence-electron chi connectivity index (χ1n) is 8.52. The number of rotatable bonds is 4. The molecule has 0 aromatic heterocycles. The molecule has 2 aromatic carbocycles. The van der Waals surface area contributed by atoms with Gasteiger partial charge in [0.2, 0.25) is 5.91 Å². The van der Waals surface area contributed by atoms with Crippen molar-refractivity contribution in [2.45, 2.75) is 55.2 Å². The Bertz CT molecular complexity index is 833. The van der Waals surface area contributed by atoms with Gasteiger partial charge in [-0.3, -0.25) is 4.79 Å². The molecule has 0 spiro atoms. The molecular formula is C19H23NO3S. The number of hydrogen-bond acceptors (Lipinski definition) is 3. The summed E-state index contributed by atoms with van der Waals surface area (Å²) in [6.45, 7) is 1.48. The maximum Gasteiger partial charge on any atom is 0.238 e. The topological polar surface area (TPSA) is 63.2 Å². The number of carbonyl (C=O) groups is 1. The third-order valence-electron chi connectivity index (χ3n) is 4.84. The summed E-state index contributed by atoms with van der Waals surface area (Å²) in [6.07, 6.45) is 5.25. The number of amides is 1. The first-order valence-corrected chi connectivity index (χ1v) is 10.1. The van der Waals surface area contributed by atoms with Crippen LogP contribution < -0.4 is 5.32 Å². The Morgan fingerprint density at radius 3 is 2.46 bits per heavy atom. The molecule has 24 heavy (non-hydrogen) atoms. The summed E-state index contributed by atoms with van der Waals surface area (Å²) in [5.74, 6) is -0.394. The van der Waals surface area contributed by atoms with Crippen molar-refractivity contribution in [3.05, 3.63) is 42.5 Å². The summed E-state index contributed by atoms with van der Waals surface area (Å²) in [5, 5.41) is 3.36. The third-order valence-corrected chi connectivity index (χ3v) is 6.96. The van der Waals surface area contributed by atoms with Crippen molar-refractivity contribution in [1.29, 1.82) is 0 Å². The van der Waals surface area contributed by atoms with Crippen LogP contribution in [0.5, 0.6) is 0 Å². The molecule has 4 nitrogen and oxygen atoms in total. The summed E-state index contributed by atoms with van der Waals surface area (Å²) in [4.78, 5) is 12.7. The zero-order valence-electron chi connectivity index (χ0n) is 13.9. The number of sulfone groups is 1. The lowest BCUT2D eigenvalue weighted by Crippen LogP contribution is -2.44. The molecule has 128 valence electrons. The van der Waals surface area contributed by atoms with Crippen LogP contribution >= 0.6 is 0 Å². The minimum atomic E-state index is -3.73. The minimum Gasteiger partial charge on any atom is -0.352 e. The lowest BCUT2D eigenvalue weighted by molar-refractivity contribution is -0.121. The van der Waals surface area contributed by atoms with Crippen LogP contribution in [-0.4, -0.2) is 25.6 Å². The maximum atomic E-state index is 13.0. The number of carbonyl (C=O) groups excluding carboxylic acids is 1. The zero-order chi connectivity index (χ0) is 17.2. The van der Waals surface area contributed by atoms with Gasteiger partial charge in [-0.25, -0.2) is 8.42 Å². The van der Waals surface area contributed by atoms with Gasteiger partial charge in [0.05, 0.1) is 4.90 Å². The van der Waals surface area contributed by atoms with Crippen LogP contribution in [0.1, 0.15) is 39.0 Å². The Morgan fingerprint density at radius 2 is 1.71 bits per heavy atom. The van der Waals surface area contributed by atoms with Gasteiger partial charge in [0.25, 0.3) is 0 Å². The number of hydrogen-bond donors (Lipinski definition) is 1. The monoisotopic (exact) mass is 345 g/mol. The van der Waals surface area contributed by atoms with Gasteiger partial charge in [0.1, 0.15) is 5.25 Å². The van der Waals surface area contributed by atoms with Crippen LogP contribution in [0.15, 0.2) is 47.4 Å². The van der Waals surface area contributed by atoms with Crippen LogP contribution in [0.25, 0.3) is 10.8 Å². The van der Waals surface area contributed by atoms with E-state index in [1.54, 1.807) is 18.2 Å². The molecular weight excluding hydrogens is 322 g/mol. The molecule has 1 amide bonds. The molecule has 1 unspecified atom stereocenters. The Labute approximate surface area is 143 Å². The fourth-order valence-electron chi connectivity index (χ4n) is 3.34. The van der Waals surface area contributed by atoms with E-state index in [-0.39, 0.29) is 10.9 Å². The highest BCUT2D eigenvalue weighted by Crippen LogP contribution is 2.26. The van der Waals surface area contributed by atoms with E-state index >= 15 is 0 Å². The van der Waals surface area contributed by atoms with Crippen LogP contribution in [-0.2, 0) is 14.6 Å². The molecule has 1 aliphatic carbocycles. The summed E-state index contributed by atoms with van der Waals surface area (Å²) in [5.41, 5.74) is 0. The SMILES string of the molecule is CC(C(=O)NC1CCCCC1)S(=O)(=O)c1cccc2ccccc12. The fraction of sp³-hybridized carbons (Fsp3) is 0.421. The summed E-state index contributed by atoms with van der Waals surface area (Å²) >= 11 is 0. The van der Waals surface area contributed by atoms with E-state index in [0.29, 0.717) is 5.39 Å². The normalized spacial score (nSPS) is 17.5. The predicted octanol–water partition coefficient (Wildman–Crippen LogP) is 3.45. The van der Waals surface area contributed by atoms with Crippen molar-refractivity contribution < 1.29 is 13.2 Å². The molecule has 2 aromatic rings. The van der Waals surface area contributed by atoms with Crippen molar-refractivity contribution in [3.8, 4) is 0 Å². The molecule has 0 radical (unpaired) electrons. The third kappa shape index (κ3) is 3.31. The van der Waals surface area contributed by atoms with Gasteiger partial charge in [0, 0.05) is 11.4 Å². The average Bonchev–Trinajstić information content (AvgIpc) is 2.61. The second-order valence-corrected chi connectivity index (χ2v) is 8.74. The maximum absolute atomic E-state index is 13.0. The molecule has 1 N–H and O–H groups in total. The lowest BCUT2D eigenvalue weighted by Gasteiger charge is -2.24. The van der Waals surface area contributed by atoms with E-state index in [4.69, 9.17) is 0 Å². The van der Waals surface area contributed by atoms with Crippen molar-refractivity contribution >= 4 is 26.5 Å². The molecule has 1 atom stereocenters. The van der Waals surface area contributed by atoms with E-state index in [1.807, 2.05) is 24.3 Å².